The minimum absolute atomic E-state index is 0.0688. The minimum Gasteiger partial charge on any atom is -0.480 e. The molecule has 0 saturated carbocycles. The molecule has 0 aromatic heterocycles. The van der Waals surface area contributed by atoms with Gasteiger partial charge >= 0.3 is 5.97 Å². The molecule has 1 aromatic carbocycles. The highest BCUT2D eigenvalue weighted by atomic mass is 16.5. The summed E-state index contributed by atoms with van der Waals surface area (Å²) in [5.41, 5.74) is 1.02. The predicted molar refractivity (Wildman–Crippen MR) is 106 cm³/mol. The summed E-state index contributed by atoms with van der Waals surface area (Å²) in [7, 11) is 0. The van der Waals surface area contributed by atoms with E-state index in [1.54, 1.807) is 6.08 Å². The van der Waals surface area contributed by atoms with E-state index in [9.17, 15) is 14.4 Å². The third-order valence-electron chi connectivity index (χ3n) is 4.85. The first-order valence-corrected chi connectivity index (χ1v) is 9.86. The first-order chi connectivity index (χ1) is 13.6. The molecule has 28 heavy (non-hydrogen) atoms. The number of hydrogen-bond donors (Lipinski definition) is 1. The molecule has 1 saturated heterocycles. The fourth-order valence-electron chi connectivity index (χ4n) is 3.42. The van der Waals surface area contributed by atoms with Gasteiger partial charge in [0.2, 0.25) is 5.91 Å². The van der Waals surface area contributed by atoms with Crippen LogP contribution in [0.3, 0.4) is 0 Å². The number of hydrogen-bond acceptors (Lipinski definition) is 4. The van der Waals surface area contributed by atoms with Crippen molar-refractivity contribution in [3.05, 3.63) is 48.0 Å². The summed E-state index contributed by atoms with van der Waals surface area (Å²) in [5.74, 6) is -0.689. The molecule has 0 unspecified atom stereocenters. The monoisotopic (exact) mass is 387 g/mol. The number of carbonyl (C=O) groups excluding carboxylic acids is 2. The Labute approximate surface area is 166 Å². The summed E-state index contributed by atoms with van der Waals surface area (Å²) < 4.78 is 4.96. The zero-order valence-corrected chi connectivity index (χ0v) is 16.2. The van der Waals surface area contributed by atoms with E-state index < -0.39 is 5.97 Å². The molecule has 1 fully saturated rings. The van der Waals surface area contributed by atoms with Crippen molar-refractivity contribution >= 4 is 17.7 Å². The Hall–Kier alpha value is -2.47. The number of nitrogens with zero attached hydrogens (tertiary/aromatic N) is 1. The standard InChI is InChI=1S/C22H29NO5/c24-20(16-18-8-2-1-3-9-18)13-12-19-10-4-5-11-21(25)23(19)14-6-7-15-28-17-22(26)27/h1-3,6-9,19H,4-5,10-17H2,(H,26,27)/t19-/m1/s1. The van der Waals surface area contributed by atoms with Gasteiger partial charge in [-0.05, 0) is 24.8 Å². The average molecular weight is 387 g/mol. The molecule has 1 amide bonds. The van der Waals surface area contributed by atoms with Gasteiger partial charge in [0.15, 0.2) is 0 Å². The van der Waals surface area contributed by atoms with E-state index in [1.165, 1.54) is 0 Å². The van der Waals surface area contributed by atoms with Crippen LogP contribution in [-0.4, -0.2) is 53.5 Å². The van der Waals surface area contributed by atoms with E-state index >= 15 is 0 Å². The van der Waals surface area contributed by atoms with Crippen LogP contribution in [0.25, 0.3) is 0 Å². The number of carboxylic acids is 1. The van der Waals surface area contributed by atoms with Crippen LogP contribution in [-0.2, 0) is 25.5 Å². The number of benzene rings is 1. The second kappa shape index (κ2) is 12.1. The third kappa shape index (κ3) is 8.05. The normalized spacial score (nSPS) is 17.6. The fraction of sp³-hybridized carbons (Fsp3) is 0.500. The summed E-state index contributed by atoms with van der Waals surface area (Å²) in [6, 6.07) is 9.78. The largest absolute Gasteiger partial charge is 0.480 e. The van der Waals surface area contributed by atoms with Crippen LogP contribution in [0.2, 0.25) is 0 Å². The second-order valence-corrected chi connectivity index (χ2v) is 7.07. The Bertz CT molecular complexity index is 671. The van der Waals surface area contributed by atoms with Gasteiger partial charge < -0.3 is 14.7 Å². The molecule has 0 spiro atoms. The number of Topliss-reactive ketones (excluding diaryl/α,β-unsaturated/α-hetero) is 1. The van der Waals surface area contributed by atoms with Gasteiger partial charge in [0.25, 0.3) is 0 Å². The first kappa shape index (κ1) is 21.8. The van der Waals surface area contributed by atoms with Crippen LogP contribution >= 0.6 is 0 Å². The van der Waals surface area contributed by atoms with Gasteiger partial charge in [0.1, 0.15) is 12.4 Å². The van der Waals surface area contributed by atoms with Gasteiger partial charge in [-0.1, -0.05) is 48.9 Å². The zero-order valence-electron chi connectivity index (χ0n) is 16.2. The van der Waals surface area contributed by atoms with E-state index in [1.807, 2.05) is 41.3 Å². The Morgan fingerprint density at radius 1 is 1.18 bits per heavy atom. The maximum atomic E-state index is 12.5. The van der Waals surface area contributed by atoms with Crippen molar-refractivity contribution in [3.8, 4) is 0 Å². The van der Waals surface area contributed by atoms with Crippen LogP contribution in [0.15, 0.2) is 42.5 Å². The summed E-state index contributed by atoms with van der Waals surface area (Å²) in [6.45, 7) is 0.334. The van der Waals surface area contributed by atoms with Gasteiger partial charge in [0.05, 0.1) is 6.61 Å². The van der Waals surface area contributed by atoms with Crippen molar-refractivity contribution in [1.29, 1.82) is 0 Å². The van der Waals surface area contributed by atoms with Crippen molar-refractivity contribution in [1.82, 2.24) is 4.90 Å². The molecule has 0 bridgehead atoms. The van der Waals surface area contributed by atoms with Crippen LogP contribution in [0, 0.1) is 0 Å². The Balaban J connectivity index is 1.84. The molecule has 1 aliphatic rings. The third-order valence-corrected chi connectivity index (χ3v) is 4.85. The summed E-state index contributed by atoms with van der Waals surface area (Å²) >= 11 is 0. The lowest BCUT2D eigenvalue weighted by Crippen LogP contribution is -2.39. The molecule has 6 heteroatoms. The average Bonchev–Trinajstić information content (AvgIpc) is 2.85. The van der Waals surface area contributed by atoms with Crippen molar-refractivity contribution < 1.29 is 24.2 Å². The first-order valence-electron chi connectivity index (χ1n) is 9.86. The van der Waals surface area contributed by atoms with Gasteiger partial charge in [-0.2, -0.15) is 0 Å². The SMILES string of the molecule is O=C(O)COCC=CCN1C(=O)CCCC[C@@H]1CCC(=O)Cc1ccccc1. The molecule has 1 aliphatic heterocycles. The van der Waals surface area contributed by atoms with Crippen molar-refractivity contribution in [3.63, 3.8) is 0 Å². The highest BCUT2D eigenvalue weighted by Gasteiger charge is 2.25. The minimum atomic E-state index is -1.00. The lowest BCUT2D eigenvalue weighted by Gasteiger charge is -2.29. The van der Waals surface area contributed by atoms with Gasteiger partial charge in [-0.3, -0.25) is 9.59 Å². The zero-order chi connectivity index (χ0) is 20.2. The molecule has 152 valence electrons. The number of ketones is 1. The molecule has 1 atom stereocenters. The molecule has 0 aliphatic carbocycles. The van der Waals surface area contributed by atoms with E-state index in [4.69, 9.17) is 9.84 Å². The lowest BCUT2D eigenvalue weighted by atomic mass is 9.99. The molecule has 0 radical (unpaired) electrons. The molecular formula is C22H29NO5. The van der Waals surface area contributed by atoms with Crippen LogP contribution in [0.4, 0.5) is 0 Å². The van der Waals surface area contributed by atoms with Crippen molar-refractivity contribution in [2.24, 2.45) is 0 Å². The fourth-order valence-corrected chi connectivity index (χ4v) is 3.42. The molecule has 1 heterocycles. The molecule has 2 rings (SSSR count). The van der Waals surface area contributed by atoms with Crippen LogP contribution in [0.1, 0.15) is 44.1 Å². The summed E-state index contributed by atoms with van der Waals surface area (Å²) in [4.78, 5) is 37.1. The number of amides is 1. The second-order valence-electron chi connectivity index (χ2n) is 7.07. The maximum absolute atomic E-state index is 12.5. The maximum Gasteiger partial charge on any atom is 0.329 e. The number of rotatable bonds is 11. The number of carbonyl (C=O) groups is 3. The topological polar surface area (TPSA) is 83.9 Å². The Kier molecular flexibility index (Phi) is 9.42. The summed E-state index contributed by atoms with van der Waals surface area (Å²) in [6.07, 6.45) is 8.48. The van der Waals surface area contributed by atoms with Crippen LogP contribution < -0.4 is 0 Å². The van der Waals surface area contributed by atoms with E-state index in [2.05, 4.69) is 0 Å². The predicted octanol–water partition coefficient (Wildman–Crippen LogP) is 3.01. The van der Waals surface area contributed by atoms with Gasteiger partial charge in [0, 0.05) is 31.8 Å². The number of aliphatic carboxylic acids is 1. The van der Waals surface area contributed by atoms with E-state index in [-0.39, 0.29) is 30.9 Å². The number of likely N-dealkylation sites (tertiary alicyclic amines) is 1. The summed E-state index contributed by atoms with van der Waals surface area (Å²) in [5, 5.41) is 8.54. The Morgan fingerprint density at radius 3 is 2.71 bits per heavy atom. The molecule has 6 nitrogen and oxygen atoms in total. The quantitative estimate of drug-likeness (QED) is 0.466. The number of carboxylic acid groups (broad SMARTS) is 1. The van der Waals surface area contributed by atoms with E-state index in [0.29, 0.717) is 32.2 Å². The molecule has 1 N–H and O–H groups in total. The number of ether oxygens (including phenoxy) is 1. The highest BCUT2D eigenvalue weighted by molar-refractivity contribution is 5.81. The van der Waals surface area contributed by atoms with E-state index in [0.717, 1.165) is 24.8 Å². The lowest BCUT2D eigenvalue weighted by molar-refractivity contribution is -0.141. The van der Waals surface area contributed by atoms with Gasteiger partial charge in [-0.15, -0.1) is 0 Å². The van der Waals surface area contributed by atoms with Crippen molar-refractivity contribution in [2.45, 2.75) is 51.0 Å². The van der Waals surface area contributed by atoms with Gasteiger partial charge in [-0.25, -0.2) is 4.79 Å². The highest BCUT2D eigenvalue weighted by Crippen LogP contribution is 2.22. The smallest absolute Gasteiger partial charge is 0.329 e. The Morgan fingerprint density at radius 2 is 1.96 bits per heavy atom. The van der Waals surface area contributed by atoms with Crippen LogP contribution in [0.5, 0.6) is 0 Å². The van der Waals surface area contributed by atoms with Crippen molar-refractivity contribution in [2.75, 3.05) is 19.8 Å². The molecule has 1 aromatic rings. The molecular weight excluding hydrogens is 358 g/mol.